The molecule has 160 valence electrons. The quantitative estimate of drug-likeness (QED) is 0.513. The molecule has 4 rings (SSSR count). The predicted molar refractivity (Wildman–Crippen MR) is 118 cm³/mol. The van der Waals surface area contributed by atoms with E-state index in [1.54, 1.807) is 7.11 Å². The van der Waals surface area contributed by atoms with E-state index in [0.29, 0.717) is 29.2 Å². The fraction of sp³-hybridized carbons (Fsp3) is 0.429. The molecule has 30 heavy (non-hydrogen) atoms. The van der Waals surface area contributed by atoms with Crippen molar-refractivity contribution < 1.29 is 18.6 Å². The molecule has 3 aromatic rings. The first-order chi connectivity index (χ1) is 14.5. The normalized spacial score (nSPS) is 16.1. The summed E-state index contributed by atoms with van der Waals surface area (Å²) in [4.78, 5) is 25.5. The summed E-state index contributed by atoms with van der Waals surface area (Å²) in [7, 11) is 1.61. The third kappa shape index (κ3) is 4.12. The highest BCUT2D eigenvalue weighted by Crippen LogP contribution is 2.35. The SMILES string of the molecule is COc1ccccc1[C@H](Cn1c(=O)oc(=O)c2c(C)c(Br)sc21)OC1CCOCC1. The number of methoxy groups -OCH3 is 1. The van der Waals surface area contributed by atoms with Crippen molar-refractivity contribution in [1.82, 2.24) is 4.57 Å². The Hall–Kier alpha value is -1.94. The molecule has 0 amide bonds. The number of benzene rings is 1. The molecule has 3 heterocycles. The van der Waals surface area contributed by atoms with Gasteiger partial charge in [0, 0.05) is 18.8 Å². The van der Waals surface area contributed by atoms with Crippen molar-refractivity contribution in [3.63, 3.8) is 0 Å². The number of ether oxygens (including phenoxy) is 3. The summed E-state index contributed by atoms with van der Waals surface area (Å²) in [5, 5.41) is 0.413. The molecule has 1 saturated heterocycles. The summed E-state index contributed by atoms with van der Waals surface area (Å²) in [5.74, 6) is -0.0171. The molecule has 0 aliphatic carbocycles. The Bertz CT molecular complexity index is 1160. The van der Waals surface area contributed by atoms with Gasteiger partial charge < -0.3 is 18.6 Å². The third-order valence-corrected chi connectivity index (χ3v) is 7.46. The maximum atomic E-state index is 12.7. The number of aromatic nitrogens is 1. The van der Waals surface area contributed by atoms with Gasteiger partial charge in [0.05, 0.1) is 28.9 Å². The van der Waals surface area contributed by atoms with Crippen molar-refractivity contribution >= 4 is 37.5 Å². The number of hydrogen-bond acceptors (Lipinski definition) is 7. The van der Waals surface area contributed by atoms with Crippen LogP contribution in [0.1, 0.15) is 30.1 Å². The number of nitrogens with zero attached hydrogens (tertiary/aromatic N) is 1. The van der Waals surface area contributed by atoms with E-state index in [1.807, 2.05) is 31.2 Å². The van der Waals surface area contributed by atoms with Crippen LogP contribution in [0.4, 0.5) is 0 Å². The zero-order chi connectivity index (χ0) is 21.3. The van der Waals surface area contributed by atoms with E-state index in [4.69, 9.17) is 18.6 Å². The van der Waals surface area contributed by atoms with E-state index >= 15 is 0 Å². The molecule has 1 aliphatic heterocycles. The van der Waals surface area contributed by atoms with Crippen molar-refractivity contribution in [2.75, 3.05) is 20.3 Å². The molecule has 9 heteroatoms. The molecule has 0 bridgehead atoms. The molecule has 0 spiro atoms. The van der Waals surface area contributed by atoms with Crippen LogP contribution in [0.25, 0.3) is 10.2 Å². The lowest BCUT2D eigenvalue weighted by Crippen LogP contribution is -2.31. The molecule has 1 aromatic carbocycles. The van der Waals surface area contributed by atoms with Gasteiger partial charge in [0.15, 0.2) is 0 Å². The fourth-order valence-electron chi connectivity index (χ4n) is 3.68. The van der Waals surface area contributed by atoms with Crippen molar-refractivity contribution in [3.8, 4) is 5.75 Å². The molecular weight excluding hydrogens is 474 g/mol. The molecule has 2 aromatic heterocycles. The van der Waals surface area contributed by atoms with Crippen LogP contribution in [-0.4, -0.2) is 31.0 Å². The number of hydrogen-bond donors (Lipinski definition) is 0. The Morgan fingerprint density at radius 3 is 2.73 bits per heavy atom. The number of thiophene rings is 1. The van der Waals surface area contributed by atoms with Gasteiger partial charge in [-0.15, -0.1) is 11.3 Å². The van der Waals surface area contributed by atoms with Crippen molar-refractivity contribution in [2.45, 2.75) is 38.5 Å². The summed E-state index contributed by atoms with van der Waals surface area (Å²) >= 11 is 4.81. The smallest absolute Gasteiger partial charge is 0.423 e. The zero-order valence-corrected chi connectivity index (χ0v) is 19.1. The minimum atomic E-state index is -0.697. The second-order valence-corrected chi connectivity index (χ2v) is 9.44. The Labute approximate surface area is 185 Å². The van der Waals surface area contributed by atoms with Gasteiger partial charge in [0.2, 0.25) is 0 Å². The van der Waals surface area contributed by atoms with Gasteiger partial charge in [-0.05, 0) is 47.3 Å². The summed E-state index contributed by atoms with van der Waals surface area (Å²) in [6, 6.07) is 7.60. The number of aryl methyl sites for hydroxylation is 1. The molecule has 1 aliphatic rings. The Morgan fingerprint density at radius 1 is 1.27 bits per heavy atom. The average Bonchev–Trinajstić information content (AvgIpc) is 3.05. The van der Waals surface area contributed by atoms with Gasteiger partial charge in [-0.1, -0.05) is 18.2 Å². The molecule has 1 atom stereocenters. The lowest BCUT2D eigenvalue weighted by Gasteiger charge is -2.29. The van der Waals surface area contributed by atoms with E-state index in [0.717, 1.165) is 27.8 Å². The first kappa shape index (κ1) is 21.3. The average molecular weight is 496 g/mol. The minimum Gasteiger partial charge on any atom is -0.496 e. The van der Waals surface area contributed by atoms with E-state index in [9.17, 15) is 9.59 Å². The maximum absolute atomic E-state index is 12.7. The van der Waals surface area contributed by atoms with Gasteiger partial charge >= 0.3 is 11.4 Å². The second-order valence-electron chi connectivity index (χ2n) is 7.13. The van der Waals surface area contributed by atoms with E-state index in [2.05, 4.69) is 15.9 Å². The van der Waals surface area contributed by atoms with E-state index in [1.165, 1.54) is 15.9 Å². The maximum Gasteiger partial charge on any atom is 0.423 e. The number of para-hydroxylation sites is 1. The van der Waals surface area contributed by atoms with Crippen LogP contribution in [0.3, 0.4) is 0 Å². The first-order valence-electron chi connectivity index (χ1n) is 9.68. The summed E-state index contributed by atoms with van der Waals surface area (Å²) in [6.45, 7) is 3.31. The summed E-state index contributed by atoms with van der Waals surface area (Å²) < 4.78 is 24.7. The minimum absolute atomic E-state index is 0.00684. The molecular formula is C21H22BrNO6S. The standard InChI is InChI=1S/C21H22BrNO6S/c1-12-17-19(30-18(12)22)23(21(25)29-20(17)24)11-16(28-13-7-9-27-10-8-13)14-5-3-4-6-15(14)26-2/h3-6,13,16H,7-11H2,1-2H3/t16-/m0/s1. The van der Waals surface area contributed by atoms with Gasteiger partial charge in [0.1, 0.15) is 16.7 Å². The summed E-state index contributed by atoms with van der Waals surface area (Å²) in [5.41, 5.74) is 0.978. The second kappa shape index (κ2) is 9.05. The lowest BCUT2D eigenvalue weighted by molar-refractivity contribution is -0.0756. The molecule has 7 nitrogen and oxygen atoms in total. The van der Waals surface area contributed by atoms with Crippen molar-refractivity contribution in [3.05, 3.63) is 60.1 Å². The van der Waals surface area contributed by atoms with E-state index in [-0.39, 0.29) is 12.6 Å². The van der Waals surface area contributed by atoms with Crippen molar-refractivity contribution in [1.29, 1.82) is 0 Å². The van der Waals surface area contributed by atoms with E-state index < -0.39 is 17.5 Å². The highest BCUT2D eigenvalue weighted by molar-refractivity contribution is 9.11. The van der Waals surface area contributed by atoms with Crippen LogP contribution in [0, 0.1) is 6.92 Å². The highest BCUT2D eigenvalue weighted by Gasteiger charge is 2.26. The van der Waals surface area contributed by atoms with Gasteiger partial charge in [-0.2, -0.15) is 0 Å². The number of halogens is 1. The molecule has 1 fully saturated rings. The molecule has 0 saturated carbocycles. The predicted octanol–water partition coefficient (Wildman–Crippen LogP) is 4.03. The fourth-order valence-corrected chi connectivity index (χ4v) is 5.37. The number of rotatable bonds is 6. The molecule has 0 N–H and O–H groups in total. The van der Waals surface area contributed by atoms with Gasteiger partial charge in [-0.3, -0.25) is 4.57 Å². The van der Waals surface area contributed by atoms with Crippen molar-refractivity contribution in [2.24, 2.45) is 0 Å². The van der Waals surface area contributed by atoms with Crippen LogP contribution >= 0.6 is 27.3 Å². The van der Waals surface area contributed by atoms with Gasteiger partial charge in [-0.25, -0.2) is 9.59 Å². The van der Waals surface area contributed by atoms with Gasteiger partial charge in [0.25, 0.3) is 0 Å². The Morgan fingerprint density at radius 2 is 2.00 bits per heavy atom. The lowest BCUT2D eigenvalue weighted by atomic mass is 10.1. The number of fused-ring (bicyclic) bond motifs is 1. The Balaban J connectivity index is 1.79. The van der Waals surface area contributed by atoms with Crippen LogP contribution in [0.5, 0.6) is 5.75 Å². The largest absolute Gasteiger partial charge is 0.496 e. The van der Waals surface area contributed by atoms with Crippen LogP contribution < -0.4 is 16.1 Å². The highest BCUT2D eigenvalue weighted by atomic mass is 79.9. The summed E-state index contributed by atoms with van der Waals surface area (Å²) in [6.07, 6.45) is 1.11. The zero-order valence-electron chi connectivity index (χ0n) is 16.7. The molecule has 0 unspecified atom stereocenters. The monoisotopic (exact) mass is 495 g/mol. The van der Waals surface area contributed by atoms with Crippen LogP contribution in [-0.2, 0) is 16.0 Å². The topological polar surface area (TPSA) is 79.9 Å². The first-order valence-corrected chi connectivity index (χ1v) is 11.3. The molecule has 0 radical (unpaired) electrons. The Kier molecular flexibility index (Phi) is 6.43. The third-order valence-electron chi connectivity index (χ3n) is 5.28. The van der Waals surface area contributed by atoms with Crippen LogP contribution in [0.2, 0.25) is 0 Å². The van der Waals surface area contributed by atoms with Crippen LogP contribution in [0.15, 0.2) is 42.1 Å².